The highest BCUT2D eigenvalue weighted by atomic mass is 16.6. The zero-order chi connectivity index (χ0) is 12.4. The lowest BCUT2D eigenvalue weighted by Gasteiger charge is -2.07. The van der Waals surface area contributed by atoms with Crippen LogP contribution >= 0.6 is 0 Å². The Morgan fingerprint density at radius 1 is 1.41 bits per heavy atom. The Labute approximate surface area is 99.2 Å². The van der Waals surface area contributed by atoms with Crippen molar-refractivity contribution in [1.29, 1.82) is 0 Å². The average Bonchev–Trinajstić information content (AvgIpc) is 2.68. The zero-order valence-corrected chi connectivity index (χ0v) is 9.93. The SMILES string of the molecule is CN(C)CCc1c[nH]c2cc([N+](=O)[O-])ccc12. The number of rotatable bonds is 4. The number of nitro benzene ring substituents is 1. The average molecular weight is 233 g/mol. The second-order valence-corrected chi connectivity index (χ2v) is 4.35. The van der Waals surface area contributed by atoms with Crippen molar-refractivity contribution in [2.45, 2.75) is 6.42 Å². The molecular formula is C12H15N3O2. The number of nitro groups is 1. The molecule has 1 aromatic heterocycles. The van der Waals surface area contributed by atoms with Crippen LogP contribution in [0.3, 0.4) is 0 Å². The van der Waals surface area contributed by atoms with E-state index in [9.17, 15) is 10.1 Å². The molecule has 17 heavy (non-hydrogen) atoms. The first kappa shape index (κ1) is 11.6. The summed E-state index contributed by atoms with van der Waals surface area (Å²) in [6.45, 7) is 0.962. The van der Waals surface area contributed by atoms with E-state index in [0.717, 1.165) is 23.9 Å². The van der Waals surface area contributed by atoms with Crippen LogP contribution in [0, 0.1) is 10.1 Å². The van der Waals surface area contributed by atoms with E-state index in [0.29, 0.717) is 0 Å². The summed E-state index contributed by atoms with van der Waals surface area (Å²) in [7, 11) is 4.05. The number of hydrogen-bond acceptors (Lipinski definition) is 3. The molecule has 0 saturated carbocycles. The highest BCUT2D eigenvalue weighted by Gasteiger charge is 2.09. The first-order chi connectivity index (χ1) is 8.08. The number of hydrogen-bond donors (Lipinski definition) is 1. The third kappa shape index (κ3) is 2.45. The number of fused-ring (bicyclic) bond motifs is 1. The third-order valence-corrected chi connectivity index (χ3v) is 2.79. The number of nitrogens with zero attached hydrogens (tertiary/aromatic N) is 2. The molecule has 0 aliphatic rings. The summed E-state index contributed by atoms with van der Waals surface area (Å²) < 4.78 is 0. The van der Waals surface area contributed by atoms with Gasteiger partial charge in [0.15, 0.2) is 0 Å². The fourth-order valence-corrected chi connectivity index (χ4v) is 1.84. The Morgan fingerprint density at radius 2 is 2.18 bits per heavy atom. The van der Waals surface area contributed by atoms with Gasteiger partial charge in [-0.2, -0.15) is 0 Å². The summed E-state index contributed by atoms with van der Waals surface area (Å²) in [5.41, 5.74) is 2.15. The second kappa shape index (κ2) is 4.55. The van der Waals surface area contributed by atoms with Crippen molar-refractivity contribution in [3.05, 3.63) is 40.1 Å². The van der Waals surface area contributed by atoms with Crippen molar-refractivity contribution in [3.63, 3.8) is 0 Å². The molecule has 90 valence electrons. The van der Waals surface area contributed by atoms with Crippen molar-refractivity contribution in [3.8, 4) is 0 Å². The Bertz CT molecular complexity index is 546. The van der Waals surface area contributed by atoms with Crippen LogP contribution in [0.2, 0.25) is 0 Å². The third-order valence-electron chi connectivity index (χ3n) is 2.79. The van der Waals surface area contributed by atoms with Gasteiger partial charge in [-0.05, 0) is 32.1 Å². The molecule has 5 nitrogen and oxygen atoms in total. The molecule has 0 bridgehead atoms. The lowest BCUT2D eigenvalue weighted by atomic mass is 10.1. The summed E-state index contributed by atoms with van der Waals surface area (Å²) >= 11 is 0. The lowest BCUT2D eigenvalue weighted by molar-refractivity contribution is -0.384. The second-order valence-electron chi connectivity index (χ2n) is 4.35. The minimum absolute atomic E-state index is 0.124. The molecule has 1 aromatic carbocycles. The van der Waals surface area contributed by atoms with Crippen molar-refractivity contribution >= 4 is 16.6 Å². The molecule has 2 aromatic rings. The number of nitrogens with one attached hydrogen (secondary N) is 1. The van der Waals surface area contributed by atoms with Gasteiger partial charge in [0.1, 0.15) is 0 Å². The number of H-pyrrole nitrogens is 1. The quantitative estimate of drug-likeness (QED) is 0.650. The van der Waals surface area contributed by atoms with Gasteiger partial charge in [0.05, 0.1) is 10.4 Å². The molecule has 0 radical (unpaired) electrons. The minimum Gasteiger partial charge on any atom is -0.361 e. The van der Waals surface area contributed by atoms with Gasteiger partial charge < -0.3 is 9.88 Å². The van der Waals surface area contributed by atoms with Crippen LogP contribution in [0.15, 0.2) is 24.4 Å². The number of likely N-dealkylation sites (N-methyl/N-ethyl adjacent to an activating group) is 1. The summed E-state index contributed by atoms with van der Waals surface area (Å²) in [6, 6.07) is 4.94. The van der Waals surface area contributed by atoms with E-state index in [-0.39, 0.29) is 10.6 Å². The summed E-state index contributed by atoms with van der Waals surface area (Å²) in [5, 5.41) is 11.7. The zero-order valence-electron chi connectivity index (χ0n) is 9.93. The van der Waals surface area contributed by atoms with Crippen LogP contribution in [-0.2, 0) is 6.42 Å². The lowest BCUT2D eigenvalue weighted by Crippen LogP contribution is -2.14. The van der Waals surface area contributed by atoms with Crippen molar-refractivity contribution < 1.29 is 4.92 Å². The van der Waals surface area contributed by atoms with Gasteiger partial charge in [-0.3, -0.25) is 10.1 Å². The van der Waals surface area contributed by atoms with Crippen LogP contribution in [0.4, 0.5) is 5.69 Å². The normalized spacial score (nSPS) is 11.2. The van der Waals surface area contributed by atoms with Crippen LogP contribution in [-0.4, -0.2) is 35.4 Å². The molecule has 0 atom stereocenters. The van der Waals surface area contributed by atoms with Gasteiger partial charge in [-0.15, -0.1) is 0 Å². The van der Waals surface area contributed by atoms with E-state index < -0.39 is 0 Å². The van der Waals surface area contributed by atoms with E-state index in [1.807, 2.05) is 26.4 Å². The van der Waals surface area contributed by atoms with E-state index in [4.69, 9.17) is 0 Å². The van der Waals surface area contributed by atoms with Gasteiger partial charge in [0, 0.05) is 30.3 Å². The van der Waals surface area contributed by atoms with Gasteiger partial charge in [-0.25, -0.2) is 0 Å². The molecule has 0 fully saturated rings. The van der Waals surface area contributed by atoms with Crippen LogP contribution in [0.25, 0.3) is 10.9 Å². The molecule has 0 saturated heterocycles. The largest absolute Gasteiger partial charge is 0.361 e. The molecule has 0 aliphatic heterocycles. The fraction of sp³-hybridized carbons (Fsp3) is 0.333. The molecule has 0 aliphatic carbocycles. The van der Waals surface area contributed by atoms with Gasteiger partial charge in [-0.1, -0.05) is 0 Å². The van der Waals surface area contributed by atoms with E-state index >= 15 is 0 Å². The summed E-state index contributed by atoms with van der Waals surface area (Å²) in [6.07, 6.45) is 2.86. The van der Waals surface area contributed by atoms with E-state index in [2.05, 4.69) is 9.88 Å². The van der Waals surface area contributed by atoms with Gasteiger partial charge >= 0.3 is 0 Å². The highest BCUT2D eigenvalue weighted by Crippen LogP contribution is 2.23. The molecule has 0 amide bonds. The molecule has 2 rings (SSSR count). The molecule has 0 unspecified atom stereocenters. The number of aromatic nitrogens is 1. The van der Waals surface area contributed by atoms with Crippen LogP contribution < -0.4 is 0 Å². The summed E-state index contributed by atoms with van der Waals surface area (Å²) in [5.74, 6) is 0. The Balaban J connectivity index is 2.31. The Hall–Kier alpha value is -1.88. The smallest absolute Gasteiger partial charge is 0.271 e. The Kier molecular flexibility index (Phi) is 3.10. The highest BCUT2D eigenvalue weighted by molar-refractivity contribution is 5.85. The fourth-order valence-electron chi connectivity index (χ4n) is 1.84. The topological polar surface area (TPSA) is 62.2 Å². The first-order valence-electron chi connectivity index (χ1n) is 5.47. The molecular weight excluding hydrogens is 218 g/mol. The van der Waals surface area contributed by atoms with Crippen LogP contribution in [0.1, 0.15) is 5.56 Å². The van der Waals surface area contributed by atoms with Crippen molar-refractivity contribution in [1.82, 2.24) is 9.88 Å². The van der Waals surface area contributed by atoms with Gasteiger partial charge in [0.2, 0.25) is 0 Å². The maximum Gasteiger partial charge on any atom is 0.271 e. The first-order valence-corrected chi connectivity index (χ1v) is 5.47. The Morgan fingerprint density at radius 3 is 2.82 bits per heavy atom. The molecule has 5 heteroatoms. The number of benzene rings is 1. The predicted octanol–water partition coefficient (Wildman–Crippen LogP) is 2.18. The number of aromatic amines is 1. The summed E-state index contributed by atoms with van der Waals surface area (Å²) in [4.78, 5) is 15.5. The van der Waals surface area contributed by atoms with Crippen molar-refractivity contribution in [2.24, 2.45) is 0 Å². The predicted molar refractivity (Wildman–Crippen MR) is 67.2 cm³/mol. The van der Waals surface area contributed by atoms with E-state index in [1.54, 1.807) is 12.1 Å². The molecule has 0 spiro atoms. The minimum atomic E-state index is -0.375. The standard InChI is InChI=1S/C12H15N3O2/c1-14(2)6-5-9-8-13-12-7-10(15(16)17)3-4-11(9)12/h3-4,7-8,13H,5-6H2,1-2H3. The van der Waals surface area contributed by atoms with E-state index in [1.165, 1.54) is 5.56 Å². The van der Waals surface area contributed by atoms with Gasteiger partial charge in [0.25, 0.3) is 5.69 Å². The van der Waals surface area contributed by atoms with Crippen molar-refractivity contribution in [2.75, 3.05) is 20.6 Å². The molecule has 1 heterocycles. The van der Waals surface area contributed by atoms with Crippen LogP contribution in [0.5, 0.6) is 0 Å². The maximum absolute atomic E-state index is 10.7. The maximum atomic E-state index is 10.7. The molecule has 1 N–H and O–H groups in total. The monoisotopic (exact) mass is 233 g/mol. The number of non-ortho nitro benzene ring substituents is 1.